The normalized spacial score (nSPS) is 14.6. The van der Waals surface area contributed by atoms with Crippen LogP contribution in [0.25, 0.3) is 0 Å². The maximum atomic E-state index is 12.8. The molecule has 0 fully saturated rings. The summed E-state index contributed by atoms with van der Waals surface area (Å²) in [5.74, 6) is -0.222. The van der Waals surface area contributed by atoms with Gasteiger partial charge in [0.15, 0.2) is 0 Å². The number of likely N-dealkylation sites (N-methyl/N-ethyl adjacent to an activating group) is 1. The van der Waals surface area contributed by atoms with Crippen molar-refractivity contribution in [2.75, 3.05) is 26.8 Å². The van der Waals surface area contributed by atoms with E-state index in [4.69, 9.17) is 10.5 Å². The summed E-state index contributed by atoms with van der Waals surface area (Å²) in [6.07, 6.45) is 0.855. The van der Waals surface area contributed by atoms with Crippen LogP contribution >= 0.6 is 0 Å². The van der Waals surface area contributed by atoms with Crippen molar-refractivity contribution in [3.8, 4) is 0 Å². The number of nitrogens with zero attached hydrogens (tertiary/aromatic N) is 1. The molecule has 0 heterocycles. The van der Waals surface area contributed by atoms with E-state index in [0.717, 1.165) is 31.7 Å². The lowest BCUT2D eigenvalue weighted by molar-refractivity contribution is 0.101. The van der Waals surface area contributed by atoms with Crippen LogP contribution in [0.1, 0.15) is 31.9 Å². The van der Waals surface area contributed by atoms with Gasteiger partial charge in [-0.05, 0) is 37.6 Å². The highest BCUT2D eigenvalue weighted by Crippen LogP contribution is 2.15. The molecule has 3 nitrogen and oxygen atoms in total. The molecule has 0 radical (unpaired) electrons. The Kier molecular flexibility index (Phi) is 6.99. The first kappa shape index (κ1) is 16.1. The molecule has 0 aliphatic carbocycles. The third kappa shape index (κ3) is 5.27. The van der Waals surface area contributed by atoms with Crippen molar-refractivity contribution in [3.63, 3.8) is 0 Å². The van der Waals surface area contributed by atoms with Crippen LogP contribution in [0.3, 0.4) is 0 Å². The van der Waals surface area contributed by atoms with E-state index < -0.39 is 0 Å². The molecule has 1 aromatic rings. The molecule has 0 aliphatic heterocycles. The van der Waals surface area contributed by atoms with Crippen LogP contribution < -0.4 is 5.73 Å². The van der Waals surface area contributed by atoms with Gasteiger partial charge >= 0.3 is 0 Å². The van der Waals surface area contributed by atoms with Gasteiger partial charge in [0, 0.05) is 25.7 Å². The summed E-state index contributed by atoms with van der Waals surface area (Å²) in [6, 6.07) is 6.77. The van der Waals surface area contributed by atoms with Gasteiger partial charge in [0.05, 0.1) is 6.61 Å². The van der Waals surface area contributed by atoms with E-state index in [1.54, 1.807) is 19.2 Å². The van der Waals surface area contributed by atoms with E-state index in [0.29, 0.717) is 6.04 Å². The SMILES string of the molecule is CCN(CCC(N)c1ccc(F)cc1)C(C)COC. The van der Waals surface area contributed by atoms with Gasteiger partial charge in [0.25, 0.3) is 0 Å². The largest absolute Gasteiger partial charge is 0.383 e. The van der Waals surface area contributed by atoms with Crippen LogP contribution in [0.4, 0.5) is 4.39 Å². The third-order valence-electron chi connectivity index (χ3n) is 3.46. The molecule has 0 aromatic heterocycles. The van der Waals surface area contributed by atoms with Gasteiger partial charge in [-0.2, -0.15) is 0 Å². The van der Waals surface area contributed by atoms with Crippen LogP contribution in [0, 0.1) is 5.82 Å². The molecule has 2 N–H and O–H groups in total. The fourth-order valence-electron chi connectivity index (χ4n) is 2.22. The number of methoxy groups -OCH3 is 1. The average molecular weight is 268 g/mol. The van der Waals surface area contributed by atoms with Crippen molar-refractivity contribution in [2.24, 2.45) is 5.73 Å². The molecule has 2 unspecified atom stereocenters. The summed E-state index contributed by atoms with van der Waals surface area (Å²) < 4.78 is 18.0. The number of ether oxygens (including phenoxy) is 1. The smallest absolute Gasteiger partial charge is 0.123 e. The van der Waals surface area contributed by atoms with Gasteiger partial charge in [-0.25, -0.2) is 4.39 Å². The molecule has 1 rings (SSSR count). The zero-order valence-corrected chi connectivity index (χ0v) is 12.1. The van der Waals surface area contributed by atoms with E-state index in [-0.39, 0.29) is 11.9 Å². The Balaban J connectivity index is 2.47. The first-order valence-corrected chi connectivity index (χ1v) is 6.82. The summed E-state index contributed by atoms with van der Waals surface area (Å²) >= 11 is 0. The Morgan fingerprint density at radius 1 is 1.32 bits per heavy atom. The Morgan fingerprint density at radius 2 is 1.95 bits per heavy atom. The summed E-state index contributed by atoms with van der Waals surface area (Å²) in [5, 5.41) is 0. The van der Waals surface area contributed by atoms with E-state index in [2.05, 4.69) is 18.7 Å². The summed E-state index contributed by atoms with van der Waals surface area (Å²) in [4.78, 5) is 2.34. The van der Waals surface area contributed by atoms with Gasteiger partial charge in [-0.15, -0.1) is 0 Å². The molecule has 4 heteroatoms. The fourth-order valence-corrected chi connectivity index (χ4v) is 2.22. The Bertz CT molecular complexity index is 356. The number of hydrogen-bond acceptors (Lipinski definition) is 3. The lowest BCUT2D eigenvalue weighted by atomic mass is 10.0. The van der Waals surface area contributed by atoms with Crippen LogP contribution in [-0.4, -0.2) is 37.7 Å². The van der Waals surface area contributed by atoms with Crippen molar-refractivity contribution in [1.82, 2.24) is 4.90 Å². The third-order valence-corrected chi connectivity index (χ3v) is 3.46. The van der Waals surface area contributed by atoms with Gasteiger partial charge in [-0.1, -0.05) is 19.1 Å². The summed E-state index contributed by atoms with van der Waals surface area (Å²) in [5.41, 5.74) is 7.13. The molecule has 0 saturated carbocycles. The van der Waals surface area contributed by atoms with Crippen LogP contribution in [0.15, 0.2) is 24.3 Å². The highest BCUT2D eigenvalue weighted by Gasteiger charge is 2.14. The number of nitrogens with two attached hydrogens (primary N) is 1. The van der Waals surface area contributed by atoms with E-state index >= 15 is 0 Å². The second-order valence-electron chi connectivity index (χ2n) is 4.88. The van der Waals surface area contributed by atoms with Gasteiger partial charge in [-0.3, -0.25) is 4.90 Å². The lowest BCUT2D eigenvalue weighted by Gasteiger charge is -2.28. The number of benzene rings is 1. The first-order valence-electron chi connectivity index (χ1n) is 6.82. The average Bonchev–Trinajstić information content (AvgIpc) is 2.40. The highest BCUT2D eigenvalue weighted by molar-refractivity contribution is 5.19. The fraction of sp³-hybridized carbons (Fsp3) is 0.600. The maximum Gasteiger partial charge on any atom is 0.123 e. The maximum absolute atomic E-state index is 12.8. The molecule has 2 atom stereocenters. The Labute approximate surface area is 115 Å². The molecule has 0 aliphatic rings. The Morgan fingerprint density at radius 3 is 2.47 bits per heavy atom. The van der Waals surface area contributed by atoms with Crippen LogP contribution in [-0.2, 0) is 4.74 Å². The summed E-state index contributed by atoms with van der Waals surface area (Å²) in [7, 11) is 1.72. The molecule has 1 aromatic carbocycles. The van der Waals surface area contributed by atoms with Crippen molar-refractivity contribution in [2.45, 2.75) is 32.4 Å². The molecule has 0 spiro atoms. The van der Waals surface area contributed by atoms with Crippen LogP contribution in [0.5, 0.6) is 0 Å². The minimum atomic E-state index is -0.222. The van der Waals surface area contributed by atoms with Crippen molar-refractivity contribution >= 4 is 0 Å². The number of hydrogen-bond donors (Lipinski definition) is 1. The topological polar surface area (TPSA) is 38.5 Å². The standard InChI is InChI=1S/C15H25FN2O/c1-4-18(12(2)11-19-3)10-9-15(17)13-5-7-14(16)8-6-13/h5-8,12,15H,4,9-11,17H2,1-3H3. The molecule has 0 amide bonds. The van der Waals surface area contributed by atoms with E-state index in [1.807, 2.05) is 0 Å². The zero-order valence-electron chi connectivity index (χ0n) is 12.1. The molecule has 0 saturated heterocycles. The number of rotatable bonds is 8. The Hall–Kier alpha value is -0.970. The molecular weight excluding hydrogens is 243 g/mol. The van der Waals surface area contributed by atoms with Gasteiger partial charge in [0.1, 0.15) is 5.82 Å². The highest BCUT2D eigenvalue weighted by atomic mass is 19.1. The first-order chi connectivity index (χ1) is 9.08. The lowest BCUT2D eigenvalue weighted by Crippen LogP contribution is -2.37. The van der Waals surface area contributed by atoms with Crippen molar-refractivity contribution in [3.05, 3.63) is 35.6 Å². The number of halogens is 1. The quantitative estimate of drug-likeness (QED) is 0.787. The van der Waals surface area contributed by atoms with Crippen molar-refractivity contribution < 1.29 is 9.13 Å². The molecular formula is C15H25FN2O. The predicted octanol–water partition coefficient (Wildman–Crippen LogP) is 2.57. The minimum Gasteiger partial charge on any atom is -0.383 e. The predicted molar refractivity (Wildman–Crippen MR) is 76.5 cm³/mol. The summed E-state index contributed by atoms with van der Waals surface area (Å²) in [6.45, 7) is 6.89. The molecule has 19 heavy (non-hydrogen) atoms. The molecule has 0 bridgehead atoms. The monoisotopic (exact) mass is 268 g/mol. The van der Waals surface area contributed by atoms with Gasteiger partial charge < -0.3 is 10.5 Å². The van der Waals surface area contributed by atoms with Gasteiger partial charge in [0.2, 0.25) is 0 Å². The molecule has 108 valence electrons. The second kappa shape index (κ2) is 8.25. The second-order valence-corrected chi connectivity index (χ2v) is 4.88. The van der Waals surface area contributed by atoms with Crippen LogP contribution in [0.2, 0.25) is 0 Å². The van der Waals surface area contributed by atoms with Crippen molar-refractivity contribution in [1.29, 1.82) is 0 Å². The van der Waals surface area contributed by atoms with E-state index in [9.17, 15) is 4.39 Å². The zero-order chi connectivity index (χ0) is 14.3. The minimum absolute atomic E-state index is 0.0515. The van der Waals surface area contributed by atoms with E-state index in [1.165, 1.54) is 12.1 Å².